The molecule has 3 aromatic carbocycles. The van der Waals surface area contributed by atoms with Crippen LogP contribution in [0.5, 0.6) is 0 Å². The number of thiazole rings is 1. The van der Waals surface area contributed by atoms with E-state index in [9.17, 15) is 0 Å². The number of hydrogen-bond donors (Lipinski definition) is 1. The number of nitrogens with one attached hydrogen (secondary N) is 1. The Morgan fingerprint density at radius 2 is 1.75 bits per heavy atom. The molecule has 0 saturated carbocycles. The quantitative estimate of drug-likeness (QED) is 0.344. The van der Waals surface area contributed by atoms with Crippen molar-refractivity contribution in [1.29, 1.82) is 0 Å². The van der Waals surface area contributed by atoms with Crippen molar-refractivity contribution in [1.82, 2.24) is 4.98 Å². The van der Waals surface area contributed by atoms with Crippen LogP contribution in [0.3, 0.4) is 0 Å². The largest absolute Gasteiger partial charge is 0.375 e. The van der Waals surface area contributed by atoms with Crippen molar-refractivity contribution in [3.05, 3.63) is 82.2 Å². The predicted molar refractivity (Wildman–Crippen MR) is 139 cm³/mol. The van der Waals surface area contributed by atoms with Crippen LogP contribution in [0.15, 0.2) is 66.0 Å². The first-order chi connectivity index (χ1) is 15.3. The first-order valence-electron chi connectivity index (χ1n) is 11.7. The van der Waals surface area contributed by atoms with E-state index in [1.54, 1.807) is 11.3 Å². The second kappa shape index (κ2) is 8.04. The SMILES string of the molecule is CC(C)c1cccc2c1NC(c1nc(-c3cccc4ccccc34)cs1)C(C)(C)CC2C. The van der Waals surface area contributed by atoms with Gasteiger partial charge in [0.1, 0.15) is 5.01 Å². The minimum absolute atomic E-state index is 0.0839. The van der Waals surface area contributed by atoms with Gasteiger partial charge in [-0.05, 0) is 45.6 Å². The zero-order valence-electron chi connectivity index (χ0n) is 19.6. The lowest BCUT2D eigenvalue weighted by molar-refractivity contribution is 0.270. The van der Waals surface area contributed by atoms with Crippen molar-refractivity contribution in [2.45, 2.75) is 58.9 Å². The van der Waals surface area contributed by atoms with Gasteiger partial charge in [0.05, 0.1) is 11.7 Å². The summed E-state index contributed by atoms with van der Waals surface area (Å²) in [6.07, 6.45) is 1.13. The fourth-order valence-corrected chi connectivity index (χ4v) is 6.47. The van der Waals surface area contributed by atoms with E-state index in [2.05, 4.69) is 106 Å². The molecule has 0 bridgehead atoms. The molecule has 2 heterocycles. The summed E-state index contributed by atoms with van der Waals surface area (Å²) in [5, 5.41) is 9.93. The highest BCUT2D eigenvalue weighted by atomic mass is 32.1. The van der Waals surface area contributed by atoms with Gasteiger partial charge in [0.25, 0.3) is 0 Å². The summed E-state index contributed by atoms with van der Waals surface area (Å²) >= 11 is 1.79. The van der Waals surface area contributed by atoms with Gasteiger partial charge in [-0.1, -0.05) is 95.3 Å². The normalized spacial score (nSPS) is 20.1. The van der Waals surface area contributed by atoms with Crippen molar-refractivity contribution in [2.75, 3.05) is 5.32 Å². The third-order valence-corrected chi connectivity index (χ3v) is 7.93. The van der Waals surface area contributed by atoms with E-state index in [1.807, 2.05) is 0 Å². The maximum absolute atomic E-state index is 5.22. The zero-order valence-corrected chi connectivity index (χ0v) is 20.5. The van der Waals surface area contributed by atoms with Crippen molar-refractivity contribution >= 4 is 27.8 Å². The lowest BCUT2D eigenvalue weighted by Crippen LogP contribution is -2.28. The van der Waals surface area contributed by atoms with Crippen molar-refractivity contribution in [3.63, 3.8) is 0 Å². The molecule has 164 valence electrons. The molecule has 0 amide bonds. The Morgan fingerprint density at radius 3 is 2.56 bits per heavy atom. The minimum atomic E-state index is 0.0839. The van der Waals surface area contributed by atoms with E-state index in [1.165, 1.54) is 38.2 Å². The molecule has 1 aliphatic heterocycles. The molecule has 4 aromatic rings. The molecule has 1 aromatic heterocycles. The van der Waals surface area contributed by atoms with E-state index in [0.717, 1.165) is 12.1 Å². The maximum Gasteiger partial charge on any atom is 0.116 e. The molecular weight excluding hydrogens is 408 g/mol. The van der Waals surface area contributed by atoms with Gasteiger partial charge in [-0.2, -0.15) is 0 Å². The number of para-hydroxylation sites is 1. The van der Waals surface area contributed by atoms with Crippen LogP contribution in [-0.4, -0.2) is 4.98 Å². The third-order valence-electron chi connectivity index (χ3n) is 7.02. The Hall–Kier alpha value is -2.65. The molecule has 1 aliphatic rings. The molecule has 0 saturated heterocycles. The molecule has 1 N–H and O–H groups in total. The molecule has 3 heteroatoms. The standard InChI is InChI=1S/C29H32N2S/c1-18(2)21-13-9-14-22-19(3)16-29(4,5)27(31-26(21)22)28-30-25(17-32-28)24-15-8-11-20-10-6-7-12-23(20)24/h6-15,17-19,27,31H,16H2,1-5H3. The summed E-state index contributed by atoms with van der Waals surface area (Å²) in [6, 6.07) is 22.1. The lowest BCUT2D eigenvalue weighted by Gasteiger charge is -2.33. The molecule has 2 unspecified atom stereocenters. The molecule has 5 rings (SSSR count). The van der Waals surface area contributed by atoms with E-state index in [-0.39, 0.29) is 11.5 Å². The first-order valence-corrected chi connectivity index (χ1v) is 12.6. The zero-order chi connectivity index (χ0) is 22.5. The van der Waals surface area contributed by atoms with Gasteiger partial charge >= 0.3 is 0 Å². The predicted octanol–water partition coefficient (Wildman–Crippen LogP) is 8.77. The van der Waals surface area contributed by atoms with Crippen LogP contribution in [0.4, 0.5) is 5.69 Å². The molecule has 0 fully saturated rings. The summed E-state index contributed by atoms with van der Waals surface area (Å²) < 4.78 is 0. The Morgan fingerprint density at radius 1 is 1.00 bits per heavy atom. The van der Waals surface area contributed by atoms with Crippen molar-refractivity contribution in [2.24, 2.45) is 5.41 Å². The Balaban J connectivity index is 1.60. The van der Waals surface area contributed by atoms with Crippen LogP contribution in [0.2, 0.25) is 0 Å². The number of anilines is 1. The monoisotopic (exact) mass is 440 g/mol. The van der Waals surface area contributed by atoms with Crippen LogP contribution in [-0.2, 0) is 0 Å². The van der Waals surface area contributed by atoms with Crippen LogP contribution in [0.25, 0.3) is 22.0 Å². The number of rotatable bonds is 3. The highest BCUT2D eigenvalue weighted by Gasteiger charge is 2.39. The summed E-state index contributed by atoms with van der Waals surface area (Å²) in [7, 11) is 0. The number of nitrogens with zero attached hydrogens (tertiary/aromatic N) is 1. The third kappa shape index (κ3) is 3.63. The number of hydrogen-bond acceptors (Lipinski definition) is 3. The summed E-state index contributed by atoms with van der Waals surface area (Å²) in [5.41, 5.74) is 6.55. The Bertz CT molecular complexity index is 1260. The number of benzene rings is 3. The van der Waals surface area contributed by atoms with Gasteiger partial charge in [0.15, 0.2) is 0 Å². The van der Waals surface area contributed by atoms with E-state index < -0.39 is 0 Å². The second-order valence-corrected chi connectivity index (χ2v) is 11.1. The fraction of sp³-hybridized carbons (Fsp3) is 0.345. The fourth-order valence-electron chi connectivity index (χ4n) is 5.39. The van der Waals surface area contributed by atoms with E-state index in [4.69, 9.17) is 4.98 Å². The minimum Gasteiger partial charge on any atom is -0.375 e. The number of aromatic nitrogens is 1. The maximum atomic E-state index is 5.22. The van der Waals surface area contributed by atoms with Crippen LogP contribution < -0.4 is 5.32 Å². The topological polar surface area (TPSA) is 24.9 Å². The van der Waals surface area contributed by atoms with Gasteiger partial charge < -0.3 is 5.32 Å². The van der Waals surface area contributed by atoms with Gasteiger partial charge in [-0.3, -0.25) is 0 Å². The second-order valence-electron chi connectivity index (χ2n) is 10.2. The Labute approximate surface area is 195 Å². The lowest BCUT2D eigenvalue weighted by atomic mass is 9.77. The molecule has 2 atom stereocenters. The Kier molecular flexibility index (Phi) is 5.33. The number of fused-ring (bicyclic) bond motifs is 2. The summed E-state index contributed by atoms with van der Waals surface area (Å²) in [4.78, 5) is 5.22. The summed E-state index contributed by atoms with van der Waals surface area (Å²) in [5.74, 6) is 0.989. The summed E-state index contributed by atoms with van der Waals surface area (Å²) in [6.45, 7) is 11.7. The molecule has 0 spiro atoms. The molecule has 32 heavy (non-hydrogen) atoms. The van der Waals surface area contributed by atoms with Crippen LogP contribution in [0.1, 0.15) is 75.1 Å². The van der Waals surface area contributed by atoms with Gasteiger partial charge in [-0.25, -0.2) is 4.98 Å². The molecule has 0 aliphatic carbocycles. The van der Waals surface area contributed by atoms with Crippen LogP contribution in [0, 0.1) is 5.41 Å². The van der Waals surface area contributed by atoms with Crippen molar-refractivity contribution < 1.29 is 0 Å². The molecule has 2 nitrogen and oxygen atoms in total. The highest BCUT2D eigenvalue weighted by molar-refractivity contribution is 7.10. The van der Waals surface area contributed by atoms with E-state index in [0.29, 0.717) is 11.8 Å². The smallest absolute Gasteiger partial charge is 0.116 e. The van der Waals surface area contributed by atoms with Crippen LogP contribution >= 0.6 is 11.3 Å². The van der Waals surface area contributed by atoms with Gasteiger partial charge in [-0.15, -0.1) is 11.3 Å². The molecular formula is C29H32N2S. The highest BCUT2D eigenvalue weighted by Crippen LogP contribution is 2.50. The molecule has 0 radical (unpaired) electrons. The van der Waals surface area contributed by atoms with E-state index >= 15 is 0 Å². The average molecular weight is 441 g/mol. The van der Waals surface area contributed by atoms with Crippen molar-refractivity contribution in [3.8, 4) is 11.3 Å². The van der Waals surface area contributed by atoms with Gasteiger partial charge in [0, 0.05) is 16.6 Å². The average Bonchev–Trinajstić information content (AvgIpc) is 3.22. The van der Waals surface area contributed by atoms with Gasteiger partial charge in [0.2, 0.25) is 0 Å². The first kappa shape index (κ1) is 21.2.